The Labute approximate surface area is 81.3 Å². The first-order chi connectivity index (χ1) is 6.07. The first kappa shape index (κ1) is 9.47. The summed E-state index contributed by atoms with van der Waals surface area (Å²) in [4.78, 5) is 2.60. The molecule has 0 aliphatic carbocycles. The van der Waals surface area contributed by atoms with E-state index in [1.54, 1.807) is 0 Å². The van der Waals surface area contributed by atoms with Gasteiger partial charge in [0, 0.05) is 31.2 Å². The fraction of sp³-hybridized carbons (Fsp3) is 1.00. The molecule has 2 heteroatoms. The summed E-state index contributed by atoms with van der Waals surface area (Å²) in [6.45, 7) is 10.4. The SMILES string of the molecule is CC(C)(C)N1CC[C@H]2OCC[C@H]2C1. The number of hydrogen-bond donors (Lipinski definition) is 0. The van der Waals surface area contributed by atoms with Crippen LogP contribution in [0.25, 0.3) is 0 Å². The third-order valence-corrected chi connectivity index (χ3v) is 3.43. The highest BCUT2D eigenvalue weighted by Crippen LogP contribution is 2.31. The highest BCUT2D eigenvalue weighted by molar-refractivity contribution is 4.89. The van der Waals surface area contributed by atoms with Crippen molar-refractivity contribution < 1.29 is 4.74 Å². The quantitative estimate of drug-likeness (QED) is 0.568. The molecular weight excluding hydrogens is 162 g/mol. The standard InChI is InChI=1S/C11H21NO/c1-11(2,3)12-6-4-10-9(8-12)5-7-13-10/h9-10H,4-8H2,1-3H3/t9-,10+/m0/s1. The Kier molecular flexibility index (Phi) is 2.37. The summed E-state index contributed by atoms with van der Waals surface area (Å²) in [6, 6.07) is 0. The molecule has 2 fully saturated rings. The monoisotopic (exact) mass is 183 g/mol. The minimum atomic E-state index is 0.341. The van der Waals surface area contributed by atoms with Crippen molar-refractivity contribution in [3.8, 4) is 0 Å². The number of piperidine rings is 1. The van der Waals surface area contributed by atoms with Crippen LogP contribution in [0.3, 0.4) is 0 Å². The maximum atomic E-state index is 5.69. The molecule has 13 heavy (non-hydrogen) atoms. The molecule has 0 bridgehead atoms. The second-order valence-corrected chi connectivity index (χ2v) is 5.36. The van der Waals surface area contributed by atoms with Gasteiger partial charge in [-0.3, -0.25) is 4.90 Å². The van der Waals surface area contributed by atoms with Crippen LogP contribution in [0.2, 0.25) is 0 Å². The summed E-state index contributed by atoms with van der Waals surface area (Å²) in [6.07, 6.45) is 3.10. The van der Waals surface area contributed by atoms with Crippen LogP contribution in [0.1, 0.15) is 33.6 Å². The average molecular weight is 183 g/mol. The van der Waals surface area contributed by atoms with Crippen molar-refractivity contribution in [3.63, 3.8) is 0 Å². The summed E-state index contributed by atoms with van der Waals surface area (Å²) >= 11 is 0. The van der Waals surface area contributed by atoms with E-state index >= 15 is 0 Å². The summed E-state index contributed by atoms with van der Waals surface area (Å²) in [5.41, 5.74) is 0.341. The maximum Gasteiger partial charge on any atom is 0.0628 e. The summed E-state index contributed by atoms with van der Waals surface area (Å²) < 4.78 is 5.69. The van der Waals surface area contributed by atoms with Crippen LogP contribution < -0.4 is 0 Å². The van der Waals surface area contributed by atoms with Crippen LogP contribution in [-0.2, 0) is 4.74 Å². The Morgan fingerprint density at radius 3 is 2.69 bits per heavy atom. The van der Waals surface area contributed by atoms with Crippen molar-refractivity contribution in [2.24, 2.45) is 5.92 Å². The molecule has 0 unspecified atom stereocenters. The van der Waals surface area contributed by atoms with E-state index in [2.05, 4.69) is 25.7 Å². The van der Waals surface area contributed by atoms with Gasteiger partial charge < -0.3 is 4.74 Å². The molecule has 2 nitrogen and oxygen atoms in total. The number of likely N-dealkylation sites (tertiary alicyclic amines) is 1. The molecule has 2 heterocycles. The van der Waals surface area contributed by atoms with Gasteiger partial charge in [0.2, 0.25) is 0 Å². The normalized spacial score (nSPS) is 36.2. The van der Waals surface area contributed by atoms with Crippen LogP contribution in [0.5, 0.6) is 0 Å². The molecule has 2 rings (SSSR count). The lowest BCUT2D eigenvalue weighted by atomic mass is 9.91. The van der Waals surface area contributed by atoms with Gasteiger partial charge in [-0.25, -0.2) is 0 Å². The molecule has 0 saturated carbocycles. The van der Waals surface area contributed by atoms with Crippen LogP contribution in [-0.4, -0.2) is 36.2 Å². The number of fused-ring (bicyclic) bond motifs is 1. The van der Waals surface area contributed by atoms with Crippen molar-refractivity contribution in [2.75, 3.05) is 19.7 Å². The van der Waals surface area contributed by atoms with E-state index in [-0.39, 0.29) is 0 Å². The van der Waals surface area contributed by atoms with E-state index in [0.29, 0.717) is 11.6 Å². The first-order valence-electron chi connectivity index (χ1n) is 5.44. The van der Waals surface area contributed by atoms with Crippen LogP contribution in [0.15, 0.2) is 0 Å². The molecule has 0 radical (unpaired) electrons. The van der Waals surface area contributed by atoms with Gasteiger partial charge in [0.15, 0.2) is 0 Å². The van der Waals surface area contributed by atoms with Gasteiger partial charge in [0.25, 0.3) is 0 Å². The van der Waals surface area contributed by atoms with E-state index in [0.717, 1.165) is 12.5 Å². The van der Waals surface area contributed by atoms with Gasteiger partial charge in [-0.1, -0.05) is 0 Å². The molecule has 0 aromatic rings. The third kappa shape index (κ3) is 1.89. The lowest BCUT2D eigenvalue weighted by molar-refractivity contribution is 0.00421. The maximum absolute atomic E-state index is 5.69. The zero-order valence-electron chi connectivity index (χ0n) is 9.05. The fourth-order valence-electron chi connectivity index (χ4n) is 2.49. The fourth-order valence-corrected chi connectivity index (χ4v) is 2.49. The molecule has 0 spiro atoms. The van der Waals surface area contributed by atoms with Crippen LogP contribution in [0.4, 0.5) is 0 Å². The summed E-state index contributed by atoms with van der Waals surface area (Å²) in [5, 5.41) is 0. The van der Waals surface area contributed by atoms with E-state index in [1.165, 1.54) is 25.9 Å². The van der Waals surface area contributed by atoms with Gasteiger partial charge in [-0.05, 0) is 33.6 Å². The zero-order chi connectivity index (χ0) is 9.47. The van der Waals surface area contributed by atoms with Gasteiger partial charge in [0.1, 0.15) is 0 Å². The zero-order valence-corrected chi connectivity index (χ0v) is 9.05. The number of hydrogen-bond acceptors (Lipinski definition) is 2. The number of ether oxygens (including phenoxy) is 1. The summed E-state index contributed by atoms with van der Waals surface area (Å²) in [7, 11) is 0. The molecule has 2 aliphatic heterocycles. The minimum Gasteiger partial charge on any atom is -0.378 e. The largest absolute Gasteiger partial charge is 0.378 e. The molecule has 0 N–H and O–H groups in total. The van der Waals surface area contributed by atoms with E-state index in [9.17, 15) is 0 Å². The Hall–Kier alpha value is -0.0800. The third-order valence-electron chi connectivity index (χ3n) is 3.43. The molecule has 0 aromatic carbocycles. The number of nitrogens with zero attached hydrogens (tertiary/aromatic N) is 1. The first-order valence-corrected chi connectivity index (χ1v) is 5.44. The highest BCUT2D eigenvalue weighted by atomic mass is 16.5. The second-order valence-electron chi connectivity index (χ2n) is 5.36. The smallest absolute Gasteiger partial charge is 0.0628 e. The Balaban J connectivity index is 1.97. The Morgan fingerprint density at radius 1 is 1.23 bits per heavy atom. The van der Waals surface area contributed by atoms with Gasteiger partial charge >= 0.3 is 0 Å². The minimum absolute atomic E-state index is 0.341. The van der Waals surface area contributed by atoms with Crippen molar-refractivity contribution >= 4 is 0 Å². The summed E-state index contributed by atoms with van der Waals surface area (Å²) in [5.74, 6) is 0.813. The topological polar surface area (TPSA) is 12.5 Å². The Bertz CT molecular complexity index is 185. The highest BCUT2D eigenvalue weighted by Gasteiger charge is 2.36. The average Bonchev–Trinajstić information content (AvgIpc) is 2.47. The van der Waals surface area contributed by atoms with Crippen molar-refractivity contribution in [3.05, 3.63) is 0 Å². The van der Waals surface area contributed by atoms with Crippen LogP contribution >= 0.6 is 0 Å². The predicted octanol–water partition coefficient (Wildman–Crippen LogP) is 1.90. The van der Waals surface area contributed by atoms with E-state index in [1.807, 2.05) is 0 Å². The molecule has 76 valence electrons. The molecule has 0 amide bonds. The molecule has 2 aliphatic rings. The second kappa shape index (κ2) is 3.25. The Morgan fingerprint density at radius 2 is 2.00 bits per heavy atom. The molecular formula is C11H21NO. The molecule has 0 aromatic heterocycles. The van der Waals surface area contributed by atoms with E-state index in [4.69, 9.17) is 4.74 Å². The van der Waals surface area contributed by atoms with E-state index < -0.39 is 0 Å². The van der Waals surface area contributed by atoms with Crippen LogP contribution in [0, 0.1) is 5.92 Å². The van der Waals surface area contributed by atoms with Crippen molar-refractivity contribution in [1.82, 2.24) is 4.90 Å². The van der Waals surface area contributed by atoms with Crippen molar-refractivity contribution in [2.45, 2.75) is 45.3 Å². The van der Waals surface area contributed by atoms with Gasteiger partial charge in [-0.2, -0.15) is 0 Å². The predicted molar refractivity (Wildman–Crippen MR) is 53.8 cm³/mol. The lowest BCUT2D eigenvalue weighted by Gasteiger charge is -2.42. The van der Waals surface area contributed by atoms with Crippen molar-refractivity contribution in [1.29, 1.82) is 0 Å². The molecule has 2 atom stereocenters. The lowest BCUT2D eigenvalue weighted by Crippen LogP contribution is -2.50. The number of rotatable bonds is 0. The van der Waals surface area contributed by atoms with Gasteiger partial charge in [-0.15, -0.1) is 0 Å². The van der Waals surface area contributed by atoms with Gasteiger partial charge in [0.05, 0.1) is 6.10 Å². The molecule has 2 saturated heterocycles.